The Morgan fingerprint density at radius 3 is 2.60 bits per heavy atom. The second-order valence-electron chi connectivity index (χ2n) is 4.54. The molecule has 0 spiro atoms. The molecule has 0 aromatic carbocycles. The van der Waals surface area contributed by atoms with Crippen LogP contribution in [0.15, 0.2) is 0 Å². The van der Waals surface area contributed by atoms with Crippen LogP contribution in [0.1, 0.15) is 20.8 Å². The van der Waals surface area contributed by atoms with Gasteiger partial charge in [-0.3, -0.25) is 0 Å². The SMILES string of the molecule is C#CC(O)[C@H]1OC2OC(C)(C)O[C@@H]2[C@H]1C. The summed E-state index contributed by atoms with van der Waals surface area (Å²) in [7, 11) is 0. The molecule has 0 aliphatic carbocycles. The van der Waals surface area contributed by atoms with E-state index in [1.54, 1.807) is 0 Å². The predicted molar refractivity (Wildman–Crippen MR) is 52.7 cm³/mol. The topological polar surface area (TPSA) is 47.9 Å². The summed E-state index contributed by atoms with van der Waals surface area (Å²) in [5.74, 6) is 1.68. The van der Waals surface area contributed by atoms with Crippen molar-refractivity contribution in [1.82, 2.24) is 0 Å². The highest BCUT2D eigenvalue weighted by Crippen LogP contribution is 2.41. The second kappa shape index (κ2) is 3.46. The largest absolute Gasteiger partial charge is 0.378 e. The Labute approximate surface area is 89.5 Å². The zero-order valence-electron chi connectivity index (χ0n) is 9.14. The lowest BCUT2D eigenvalue weighted by Crippen LogP contribution is -2.34. The van der Waals surface area contributed by atoms with Gasteiger partial charge < -0.3 is 19.3 Å². The van der Waals surface area contributed by atoms with Crippen LogP contribution in [0.5, 0.6) is 0 Å². The minimum absolute atomic E-state index is 0.0304. The first-order valence-corrected chi connectivity index (χ1v) is 5.10. The van der Waals surface area contributed by atoms with Gasteiger partial charge in [-0.25, -0.2) is 0 Å². The van der Waals surface area contributed by atoms with Crippen LogP contribution in [-0.2, 0) is 14.2 Å². The first-order chi connectivity index (χ1) is 6.94. The van der Waals surface area contributed by atoms with Crippen LogP contribution in [0.4, 0.5) is 0 Å². The van der Waals surface area contributed by atoms with Crippen molar-refractivity contribution in [3.8, 4) is 12.3 Å². The molecular formula is C11H16O4. The molecule has 2 aliphatic rings. The molecule has 2 rings (SSSR count). The van der Waals surface area contributed by atoms with E-state index in [2.05, 4.69) is 5.92 Å². The molecule has 0 aromatic rings. The molecule has 2 unspecified atom stereocenters. The Bertz CT molecular complexity index is 293. The van der Waals surface area contributed by atoms with Gasteiger partial charge in [0.05, 0.1) is 0 Å². The van der Waals surface area contributed by atoms with Crippen molar-refractivity contribution in [2.45, 2.75) is 51.2 Å². The van der Waals surface area contributed by atoms with Gasteiger partial charge in [-0.05, 0) is 13.8 Å². The number of rotatable bonds is 1. The molecule has 0 amide bonds. The quantitative estimate of drug-likeness (QED) is 0.643. The Hall–Kier alpha value is -0.600. The molecule has 84 valence electrons. The maximum atomic E-state index is 9.54. The molecule has 0 radical (unpaired) electrons. The van der Waals surface area contributed by atoms with Crippen molar-refractivity contribution >= 4 is 0 Å². The molecule has 5 atom stereocenters. The number of terminal acetylenes is 1. The number of hydrogen-bond acceptors (Lipinski definition) is 4. The highest BCUT2D eigenvalue weighted by Gasteiger charge is 2.54. The van der Waals surface area contributed by atoms with E-state index in [1.807, 2.05) is 20.8 Å². The van der Waals surface area contributed by atoms with Gasteiger partial charge in [-0.2, -0.15) is 0 Å². The summed E-state index contributed by atoms with van der Waals surface area (Å²) in [5.41, 5.74) is 0. The van der Waals surface area contributed by atoms with E-state index in [4.69, 9.17) is 20.6 Å². The first-order valence-electron chi connectivity index (χ1n) is 5.10. The Morgan fingerprint density at radius 1 is 1.40 bits per heavy atom. The van der Waals surface area contributed by atoms with Crippen molar-refractivity contribution in [2.24, 2.45) is 5.92 Å². The smallest absolute Gasteiger partial charge is 0.187 e. The van der Waals surface area contributed by atoms with Gasteiger partial charge in [0.2, 0.25) is 0 Å². The van der Waals surface area contributed by atoms with Crippen molar-refractivity contribution < 1.29 is 19.3 Å². The summed E-state index contributed by atoms with van der Waals surface area (Å²) >= 11 is 0. The maximum Gasteiger partial charge on any atom is 0.187 e. The number of hydrogen-bond donors (Lipinski definition) is 1. The third-order valence-corrected chi connectivity index (χ3v) is 2.90. The van der Waals surface area contributed by atoms with E-state index in [-0.39, 0.29) is 12.0 Å². The molecular weight excluding hydrogens is 196 g/mol. The Kier molecular flexibility index (Phi) is 2.52. The summed E-state index contributed by atoms with van der Waals surface area (Å²) < 4.78 is 16.8. The fraction of sp³-hybridized carbons (Fsp3) is 0.818. The molecule has 15 heavy (non-hydrogen) atoms. The van der Waals surface area contributed by atoms with E-state index in [0.717, 1.165) is 0 Å². The normalized spacial score (nSPS) is 44.7. The third kappa shape index (κ3) is 1.77. The van der Waals surface area contributed by atoms with E-state index in [0.29, 0.717) is 0 Å². The van der Waals surface area contributed by atoms with Crippen LogP contribution >= 0.6 is 0 Å². The van der Waals surface area contributed by atoms with Crippen molar-refractivity contribution in [3.63, 3.8) is 0 Å². The van der Waals surface area contributed by atoms with Gasteiger partial charge in [0, 0.05) is 5.92 Å². The Balaban J connectivity index is 2.09. The number of fused-ring (bicyclic) bond motifs is 1. The molecule has 0 saturated carbocycles. The predicted octanol–water partition coefficient (Wildman–Crippen LogP) is 0.493. The number of ether oxygens (including phenoxy) is 3. The minimum atomic E-state index is -0.902. The maximum absolute atomic E-state index is 9.54. The van der Waals surface area contributed by atoms with Crippen LogP contribution < -0.4 is 0 Å². The van der Waals surface area contributed by atoms with Gasteiger partial charge in [-0.1, -0.05) is 12.8 Å². The van der Waals surface area contributed by atoms with Crippen LogP contribution in [-0.4, -0.2) is 35.5 Å². The van der Waals surface area contributed by atoms with Gasteiger partial charge in [-0.15, -0.1) is 6.42 Å². The summed E-state index contributed by atoms with van der Waals surface area (Å²) in [5, 5.41) is 9.54. The molecule has 2 fully saturated rings. The molecule has 2 aliphatic heterocycles. The average molecular weight is 212 g/mol. The van der Waals surface area contributed by atoms with Crippen LogP contribution in [0.2, 0.25) is 0 Å². The van der Waals surface area contributed by atoms with Gasteiger partial charge >= 0.3 is 0 Å². The minimum Gasteiger partial charge on any atom is -0.378 e. The summed E-state index contributed by atoms with van der Waals surface area (Å²) in [4.78, 5) is 0. The summed E-state index contributed by atoms with van der Waals surface area (Å²) in [6.07, 6.45) is 3.29. The van der Waals surface area contributed by atoms with E-state index in [9.17, 15) is 5.11 Å². The molecule has 1 N–H and O–H groups in total. The lowest BCUT2D eigenvalue weighted by Gasteiger charge is -2.24. The van der Waals surface area contributed by atoms with Crippen molar-refractivity contribution in [1.29, 1.82) is 0 Å². The highest BCUT2D eigenvalue weighted by molar-refractivity contribution is 5.04. The summed E-state index contributed by atoms with van der Waals surface area (Å²) in [6.45, 7) is 5.63. The lowest BCUT2D eigenvalue weighted by atomic mass is 9.97. The standard InChI is InChI=1S/C11H16O4/c1-5-7(12)8-6(2)9-10(13-8)15-11(3,4)14-9/h1,6-10,12H,2-4H3/t6-,7?,8-,9+,10?/m0/s1. The van der Waals surface area contributed by atoms with E-state index in [1.165, 1.54) is 0 Å². The molecule has 4 nitrogen and oxygen atoms in total. The molecule has 0 bridgehead atoms. The van der Waals surface area contributed by atoms with Crippen LogP contribution in [0, 0.1) is 18.3 Å². The average Bonchev–Trinajstić information content (AvgIpc) is 2.60. The van der Waals surface area contributed by atoms with Crippen molar-refractivity contribution in [3.05, 3.63) is 0 Å². The van der Waals surface area contributed by atoms with E-state index >= 15 is 0 Å². The second-order valence-corrected chi connectivity index (χ2v) is 4.54. The van der Waals surface area contributed by atoms with E-state index < -0.39 is 24.3 Å². The lowest BCUT2D eigenvalue weighted by molar-refractivity contribution is -0.216. The fourth-order valence-corrected chi connectivity index (χ4v) is 2.14. The number of aliphatic hydroxyl groups is 1. The zero-order chi connectivity index (χ0) is 11.2. The fourth-order valence-electron chi connectivity index (χ4n) is 2.14. The molecule has 0 aromatic heterocycles. The summed E-state index contributed by atoms with van der Waals surface area (Å²) in [6, 6.07) is 0. The zero-order valence-corrected chi connectivity index (χ0v) is 9.14. The first kappa shape index (κ1) is 10.9. The molecule has 2 saturated heterocycles. The van der Waals surface area contributed by atoms with Gasteiger partial charge in [0.15, 0.2) is 12.1 Å². The van der Waals surface area contributed by atoms with Crippen molar-refractivity contribution in [2.75, 3.05) is 0 Å². The number of aliphatic hydroxyl groups excluding tert-OH is 1. The van der Waals surface area contributed by atoms with Crippen LogP contribution in [0.25, 0.3) is 0 Å². The van der Waals surface area contributed by atoms with Gasteiger partial charge in [0.25, 0.3) is 0 Å². The van der Waals surface area contributed by atoms with Crippen LogP contribution in [0.3, 0.4) is 0 Å². The third-order valence-electron chi connectivity index (χ3n) is 2.90. The van der Waals surface area contributed by atoms with Gasteiger partial charge in [0.1, 0.15) is 18.3 Å². The monoisotopic (exact) mass is 212 g/mol. The Morgan fingerprint density at radius 2 is 2.07 bits per heavy atom. The molecule has 2 heterocycles. The molecule has 4 heteroatoms. The highest BCUT2D eigenvalue weighted by atomic mass is 16.8.